The third-order valence-corrected chi connectivity index (χ3v) is 6.15. The Kier molecular flexibility index (Phi) is 7.21. The van der Waals surface area contributed by atoms with Crippen molar-refractivity contribution in [1.82, 2.24) is 0 Å². The highest BCUT2D eigenvalue weighted by Gasteiger charge is 2.06. The highest BCUT2D eigenvalue weighted by atomic mass is 79.9. The zero-order valence-corrected chi connectivity index (χ0v) is 16.0. The Labute approximate surface area is 145 Å². The zero-order chi connectivity index (χ0) is 15.1. The number of hydrogen-bond acceptors (Lipinski definition) is 2. The van der Waals surface area contributed by atoms with Crippen molar-refractivity contribution in [2.45, 2.75) is 52.4 Å². The Hall–Kier alpha value is -0.380. The van der Waals surface area contributed by atoms with Crippen molar-refractivity contribution < 1.29 is 0 Å². The first-order valence-electron chi connectivity index (χ1n) is 7.77. The molecule has 0 saturated heterocycles. The molecule has 3 heteroatoms. The molecule has 0 aliphatic heterocycles. The van der Waals surface area contributed by atoms with Gasteiger partial charge in [-0.2, -0.15) is 0 Å². The van der Waals surface area contributed by atoms with Gasteiger partial charge in [0.15, 0.2) is 0 Å². The minimum atomic E-state index is 1.19. The molecular formula is C18H23BrS2. The van der Waals surface area contributed by atoms with E-state index in [1.165, 1.54) is 63.2 Å². The van der Waals surface area contributed by atoms with Gasteiger partial charge >= 0.3 is 0 Å². The molecule has 2 aromatic heterocycles. The van der Waals surface area contributed by atoms with E-state index in [1.54, 1.807) is 0 Å². The summed E-state index contributed by atoms with van der Waals surface area (Å²) in [6, 6.07) is 4.56. The number of aryl methyl sites for hydroxylation is 2. The van der Waals surface area contributed by atoms with Crippen molar-refractivity contribution in [3.8, 4) is 0 Å². The third-order valence-electron chi connectivity index (χ3n) is 3.58. The lowest BCUT2D eigenvalue weighted by molar-refractivity contribution is 0.796. The Morgan fingerprint density at radius 3 is 2.38 bits per heavy atom. The van der Waals surface area contributed by atoms with Crippen molar-refractivity contribution in [2.24, 2.45) is 0 Å². The lowest BCUT2D eigenvalue weighted by Crippen LogP contribution is -1.84. The topological polar surface area (TPSA) is 0 Å². The number of unbranched alkanes of at least 4 members (excludes halogenated alkanes) is 2. The molecule has 0 nitrogen and oxygen atoms in total. The fourth-order valence-electron chi connectivity index (χ4n) is 2.33. The second-order valence-electron chi connectivity index (χ2n) is 5.29. The van der Waals surface area contributed by atoms with Gasteiger partial charge in [-0.25, -0.2) is 0 Å². The van der Waals surface area contributed by atoms with Crippen LogP contribution in [0.5, 0.6) is 0 Å². The Bertz CT molecular complexity index is 578. The predicted octanol–water partition coefficient (Wildman–Crippen LogP) is 7.43. The average molecular weight is 383 g/mol. The van der Waals surface area contributed by atoms with Crippen LogP contribution < -0.4 is 0 Å². The number of rotatable bonds is 8. The van der Waals surface area contributed by atoms with Gasteiger partial charge in [-0.3, -0.25) is 0 Å². The van der Waals surface area contributed by atoms with Crippen LogP contribution in [0.2, 0.25) is 0 Å². The van der Waals surface area contributed by atoms with Crippen molar-refractivity contribution in [3.05, 3.63) is 42.2 Å². The fraction of sp³-hybridized carbons (Fsp3) is 0.444. The fourth-order valence-corrected chi connectivity index (χ4v) is 4.82. The maximum atomic E-state index is 3.63. The summed E-state index contributed by atoms with van der Waals surface area (Å²) in [5.41, 5.74) is 2.99. The smallest absolute Gasteiger partial charge is 0.0707 e. The van der Waals surface area contributed by atoms with Crippen LogP contribution in [-0.2, 0) is 12.8 Å². The first kappa shape index (κ1) is 17.0. The zero-order valence-electron chi connectivity index (χ0n) is 12.8. The molecule has 0 N–H and O–H groups in total. The third kappa shape index (κ3) is 5.08. The van der Waals surface area contributed by atoms with Crippen LogP contribution in [0.4, 0.5) is 0 Å². The lowest BCUT2D eigenvalue weighted by atomic mass is 10.1. The molecule has 2 aromatic rings. The standard InChI is InChI=1S/C18H23BrS2/c1-3-5-7-14-11-12-20-16(14)9-10-17-15(8-6-4-2)13-18(19)21-17/h9-13H,3-8H2,1-2H3/b10-9+. The highest BCUT2D eigenvalue weighted by Crippen LogP contribution is 2.31. The van der Waals surface area contributed by atoms with Gasteiger partial charge < -0.3 is 0 Å². The van der Waals surface area contributed by atoms with Crippen LogP contribution in [0.25, 0.3) is 12.2 Å². The molecule has 2 heterocycles. The molecular weight excluding hydrogens is 360 g/mol. The Morgan fingerprint density at radius 2 is 1.67 bits per heavy atom. The average Bonchev–Trinajstić information content (AvgIpc) is 3.06. The predicted molar refractivity (Wildman–Crippen MR) is 102 cm³/mol. The maximum absolute atomic E-state index is 3.63. The van der Waals surface area contributed by atoms with E-state index in [1.807, 2.05) is 22.7 Å². The first-order chi connectivity index (χ1) is 10.2. The maximum Gasteiger partial charge on any atom is 0.0707 e. The van der Waals surface area contributed by atoms with Gasteiger partial charge in [0.2, 0.25) is 0 Å². The summed E-state index contributed by atoms with van der Waals surface area (Å²) in [6.07, 6.45) is 12.1. The van der Waals surface area contributed by atoms with E-state index in [0.29, 0.717) is 0 Å². The first-order valence-corrected chi connectivity index (χ1v) is 10.3. The van der Waals surface area contributed by atoms with Crippen molar-refractivity contribution in [1.29, 1.82) is 0 Å². The van der Waals surface area contributed by atoms with E-state index in [0.717, 1.165) is 0 Å². The van der Waals surface area contributed by atoms with E-state index in [4.69, 9.17) is 0 Å². The minimum absolute atomic E-state index is 1.19. The van der Waals surface area contributed by atoms with E-state index in [2.05, 4.69) is 59.4 Å². The summed E-state index contributed by atoms with van der Waals surface area (Å²) < 4.78 is 1.24. The van der Waals surface area contributed by atoms with E-state index < -0.39 is 0 Å². The SMILES string of the molecule is CCCCc1ccsc1/C=C/c1sc(Br)cc1CCCC. The van der Waals surface area contributed by atoms with Crippen molar-refractivity contribution in [2.75, 3.05) is 0 Å². The van der Waals surface area contributed by atoms with Crippen molar-refractivity contribution >= 4 is 50.8 Å². The van der Waals surface area contributed by atoms with Crippen LogP contribution >= 0.6 is 38.6 Å². The quantitative estimate of drug-likeness (QED) is 0.445. The minimum Gasteiger partial charge on any atom is -0.144 e. The molecule has 0 spiro atoms. The van der Waals surface area contributed by atoms with E-state index in [9.17, 15) is 0 Å². The molecule has 0 aliphatic rings. The summed E-state index contributed by atoms with van der Waals surface area (Å²) in [5.74, 6) is 0. The van der Waals surface area contributed by atoms with Gasteiger partial charge in [-0.1, -0.05) is 26.7 Å². The van der Waals surface area contributed by atoms with E-state index in [-0.39, 0.29) is 0 Å². The molecule has 2 rings (SSSR count). The van der Waals surface area contributed by atoms with Gasteiger partial charge in [-0.05, 0) is 82.4 Å². The molecule has 0 saturated carbocycles. The second-order valence-corrected chi connectivity index (χ2v) is 8.70. The van der Waals surface area contributed by atoms with E-state index >= 15 is 0 Å². The molecule has 0 radical (unpaired) electrons. The molecule has 0 atom stereocenters. The van der Waals surface area contributed by atoms with Crippen LogP contribution in [0.1, 0.15) is 60.4 Å². The van der Waals surface area contributed by atoms with Crippen LogP contribution in [-0.4, -0.2) is 0 Å². The summed E-state index contributed by atoms with van der Waals surface area (Å²) in [6.45, 7) is 4.51. The molecule has 21 heavy (non-hydrogen) atoms. The van der Waals surface area contributed by atoms with Crippen LogP contribution in [0, 0.1) is 0 Å². The normalized spacial score (nSPS) is 11.6. The molecule has 0 amide bonds. The van der Waals surface area contributed by atoms with Gasteiger partial charge in [0.1, 0.15) is 0 Å². The summed E-state index contributed by atoms with van der Waals surface area (Å²) in [5, 5.41) is 2.22. The van der Waals surface area contributed by atoms with Gasteiger partial charge in [0.25, 0.3) is 0 Å². The lowest BCUT2D eigenvalue weighted by Gasteiger charge is -2.00. The summed E-state index contributed by atoms with van der Waals surface area (Å²) in [7, 11) is 0. The van der Waals surface area contributed by atoms with Crippen LogP contribution in [0.15, 0.2) is 21.3 Å². The molecule has 0 aliphatic carbocycles. The Morgan fingerprint density at radius 1 is 1.00 bits per heavy atom. The van der Waals surface area contributed by atoms with Gasteiger partial charge in [0, 0.05) is 9.75 Å². The monoisotopic (exact) mass is 382 g/mol. The highest BCUT2D eigenvalue weighted by molar-refractivity contribution is 9.11. The molecule has 114 valence electrons. The molecule has 0 aromatic carbocycles. The Balaban J connectivity index is 2.12. The van der Waals surface area contributed by atoms with Crippen LogP contribution in [0.3, 0.4) is 0 Å². The second kappa shape index (κ2) is 8.92. The number of thiophene rings is 2. The summed E-state index contributed by atoms with van der Waals surface area (Å²) in [4.78, 5) is 2.83. The molecule has 0 unspecified atom stereocenters. The van der Waals surface area contributed by atoms with Gasteiger partial charge in [0.05, 0.1) is 3.79 Å². The molecule has 0 bridgehead atoms. The summed E-state index contributed by atoms with van der Waals surface area (Å²) >= 11 is 7.33. The largest absolute Gasteiger partial charge is 0.144 e. The van der Waals surface area contributed by atoms with Crippen molar-refractivity contribution in [3.63, 3.8) is 0 Å². The molecule has 0 fully saturated rings. The number of hydrogen-bond donors (Lipinski definition) is 0. The number of halogens is 1. The van der Waals surface area contributed by atoms with Gasteiger partial charge in [-0.15, -0.1) is 22.7 Å².